The van der Waals surface area contributed by atoms with Gasteiger partial charge < -0.3 is 24.8 Å². The summed E-state index contributed by atoms with van der Waals surface area (Å²) in [6.45, 7) is 0. The van der Waals surface area contributed by atoms with Crippen molar-refractivity contribution in [2.45, 2.75) is 43.6 Å². The van der Waals surface area contributed by atoms with Crippen LogP contribution in [-0.4, -0.2) is 75.8 Å². The van der Waals surface area contributed by atoms with Crippen LogP contribution in [0.4, 0.5) is 10.2 Å². The molecule has 1 aromatic carbocycles. The number of hydrogen-bond donors (Lipinski definition) is 2. The van der Waals surface area contributed by atoms with Crippen molar-refractivity contribution in [2.75, 3.05) is 26.2 Å². The summed E-state index contributed by atoms with van der Waals surface area (Å²) >= 11 is 0. The Bertz CT molecular complexity index is 1180. The lowest BCUT2D eigenvalue weighted by molar-refractivity contribution is 0.176. The van der Waals surface area contributed by atoms with Gasteiger partial charge in [0, 0.05) is 24.7 Å². The third kappa shape index (κ3) is 3.96. The summed E-state index contributed by atoms with van der Waals surface area (Å²) in [7, 11) is 4.78. The fourth-order valence-electron chi connectivity index (χ4n) is 4.73. The summed E-state index contributed by atoms with van der Waals surface area (Å²) in [5.74, 6) is 1.24. The molecule has 2 bridgehead atoms. The Hall–Kier alpha value is -3.60. The quantitative estimate of drug-likeness (QED) is 0.559. The molecule has 0 amide bonds. The second-order valence-corrected chi connectivity index (χ2v) is 8.55. The van der Waals surface area contributed by atoms with Crippen LogP contribution in [0.5, 0.6) is 17.5 Å². The zero-order valence-electron chi connectivity index (χ0n) is 19.1. The van der Waals surface area contributed by atoms with Crippen molar-refractivity contribution in [3.63, 3.8) is 0 Å². The Morgan fingerprint density at radius 3 is 2.62 bits per heavy atom. The van der Waals surface area contributed by atoms with Crippen molar-refractivity contribution in [1.29, 1.82) is 0 Å². The fraction of sp³-hybridized carbons (Fsp3) is 0.435. The molecule has 2 aromatic heterocycles. The first-order chi connectivity index (χ1) is 16.5. The molecule has 3 aromatic rings. The largest absolute Gasteiger partial charge is 0.507 e. The van der Waals surface area contributed by atoms with Crippen molar-refractivity contribution in [3.05, 3.63) is 30.6 Å². The molecule has 0 saturated carbocycles. The summed E-state index contributed by atoms with van der Waals surface area (Å²) in [4.78, 5) is 14.7. The lowest BCUT2D eigenvalue weighted by atomic mass is 9.96. The predicted octanol–water partition coefficient (Wildman–Crippen LogP) is 2.39. The first-order valence-corrected chi connectivity index (χ1v) is 11.1. The third-order valence-corrected chi connectivity index (χ3v) is 6.59. The van der Waals surface area contributed by atoms with Gasteiger partial charge >= 0.3 is 0 Å². The molecule has 10 nitrogen and oxygen atoms in total. The summed E-state index contributed by atoms with van der Waals surface area (Å²) < 4.78 is 25.2. The zero-order chi connectivity index (χ0) is 23.8. The number of methoxy groups -OCH3 is 2. The molecule has 34 heavy (non-hydrogen) atoms. The van der Waals surface area contributed by atoms with Gasteiger partial charge in [-0.05, 0) is 31.4 Å². The smallest absolute Gasteiger partial charge is 0.278 e. The van der Waals surface area contributed by atoms with Crippen LogP contribution < -0.4 is 19.7 Å². The molecule has 0 aliphatic carbocycles. The summed E-state index contributed by atoms with van der Waals surface area (Å²) in [5.41, 5.74) is 1.56. The highest BCUT2D eigenvalue weighted by Gasteiger charge is 2.43. The number of halogens is 1. The Balaban J connectivity index is 1.35. The van der Waals surface area contributed by atoms with Crippen LogP contribution in [0.1, 0.15) is 19.3 Å². The van der Waals surface area contributed by atoms with E-state index in [0.29, 0.717) is 28.7 Å². The highest BCUT2D eigenvalue weighted by atomic mass is 19.1. The van der Waals surface area contributed by atoms with Crippen LogP contribution in [0, 0.1) is 0 Å². The highest BCUT2D eigenvalue weighted by Crippen LogP contribution is 2.34. The number of anilines is 1. The Kier molecular flexibility index (Phi) is 5.86. The monoisotopic (exact) mass is 467 g/mol. The molecule has 178 valence electrons. The lowest BCUT2D eigenvalue weighted by Gasteiger charge is -2.38. The number of hydrogen-bond acceptors (Lipinski definition) is 10. The maximum Gasteiger partial charge on any atom is 0.278 e. The van der Waals surface area contributed by atoms with Crippen LogP contribution in [0.3, 0.4) is 0 Å². The summed E-state index contributed by atoms with van der Waals surface area (Å²) in [5, 5.41) is 22.4. The van der Waals surface area contributed by atoms with E-state index < -0.39 is 6.17 Å². The van der Waals surface area contributed by atoms with Crippen LogP contribution in [0.15, 0.2) is 30.6 Å². The van der Waals surface area contributed by atoms with E-state index in [2.05, 4.69) is 30.5 Å². The minimum atomic E-state index is -0.971. The van der Waals surface area contributed by atoms with Crippen molar-refractivity contribution in [2.24, 2.45) is 0 Å². The number of piperidine rings is 1. The minimum absolute atomic E-state index is 0.0317. The first-order valence-electron chi connectivity index (χ1n) is 11.1. The van der Waals surface area contributed by atoms with Crippen molar-refractivity contribution in [1.82, 2.24) is 30.5 Å². The van der Waals surface area contributed by atoms with E-state index >= 15 is 0 Å². The summed E-state index contributed by atoms with van der Waals surface area (Å²) in [6, 6.07) is 4.98. The van der Waals surface area contributed by atoms with Gasteiger partial charge in [0.25, 0.3) is 11.8 Å². The van der Waals surface area contributed by atoms with Crippen molar-refractivity contribution < 1.29 is 19.0 Å². The van der Waals surface area contributed by atoms with E-state index in [1.54, 1.807) is 24.4 Å². The second kappa shape index (κ2) is 8.98. The van der Waals surface area contributed by atoms with Gasteiger partial charge in [0.1, 0.15) is 11.9 Å². The number of alkyl halides is 1. The number of aromatic nitrogens is 5. The molecule has 2 fully saturated rings. The molecule has 5 rings (SSSR count). The van der Waals surface area contributed by atoms with Gasteiger partial charge in [-0.2, -0.15) is 0 Å². The van der Waals surface area contributed by atoms with E-state index in [1.807, 2.05) is 11.9 Å². The fourth-order valence-corrected chi connectivity index (χ4v) is 4.73. The topological polar surface area (TPSA) is 118 Å². The molecule has 0 unspecified atom stereocenters. The molecule has 2 N–H and O–H groups in total. The lowest BCUT2D eigenvalue weighted by Crippen LogP contribution is -2.55. The van der Waals surface area contributed by atoms with Gasteiger partial charge in [-0.15, -0.1) is 10.2 Å². The molecule has 2 aliphatic rings. The average molecular weight is 468 g/mol. The molecular formula is C23H26FN7O3. The van der Waals surface area contributed by atoms with Gasteiger partial charge in [-0.3, -0.25) is 0 Å². The SMILES string of the molecule is COc1ncc(-c2ccc(-c3ncc(N(C)[C@H]4C[C@@H]5CC[C@H](N5)[C@H]4F)nn3)c(O)c2)nc1OC. The number of ether oxygens (including phenoxy) is 2. The number of phenolic OH excluding ortho intramolecular Hbond substituents is 1. The van der Waals surface area contributed by atoms with Gasteiger partial charge in [0.15, 0.2) is 11.6 Å². The van der Waals surface area contributed by atoms with Crippen molar-refractivity contribution >= 4 is 5.82 Å². The first kappa shape index (κ1) is 22.2. The van der Waals surface area contributed by atoms with E-state index in [-0.39, 0.29) is 35.4 Å². The van der Waals surface area contributed by atoms with E-state index in [9.17, 15) is 9.50 Å². The molecule has 11 heteroatoms. The summed E-state index contributed by atoms with van der Waals surface area (Å²) in [6.07, 6.45) is 4.71. The maximum absolute atomic E-state index is 14.9. The Morgan fingerprint density at radius 2 is 1.91 bits per heavy atom. The second-order valence-electron chi connectivity index (χ2n) is 8.55. The Labute approximate surface area is 196 Å². The van der Waals surface area contributed by atoms with E-state index in [0.717, 1.165) is 19.3 Å². The average Bonchev–Trinajstić information content (AvgIpc) is 3.28. The van der Waals surface area contributed by atoms with Crippen LogP contribution in [0.25, 0.3) is 22.6 Å². The number of nitrogens with one attached hydrogen (secondary N) is 1. The number of nitrogens with zero attached hydrogens (tertiary/aromatic N) is 6. The van der Waals surface area contributed by atoms with Crippen molar-refractivity contribution in [3.8, 4) is 40.2 Å². The molecule has 2 saturated heterocycles. The molecule has 0 radical (unpaired) electrons. The number of aromatic hydroxyl groups is 1. The standard InChI is InChI=1S/C23H26FN7O3/c1-31(17-9-13-5-7-15(27-13)20(17)24)19-11-25-21(30-29-19)14-6-4-12(8-18(14)32)16-10-26-22(33-2)23(28-16)34-3/h4,6,8,10-11,13,15,17,20,27,32H,5,7,9H2,1-3H3/t13-,15-,17-,20+/m0/s1. The molecule has 2 aliphatic heterocycles. The van der Waals surface area contributed by atoms with Gasteiger partial charge in [0.05, 0.1) is 43.9 Å². The minimum Gasteiger partial charge on any atom is -0.507 e. The van der Waals surface area contributed by atoms with Gasteiger partial charge in [-0.1, -0.05) is 6.07 Å². The number of benzene rings is 1. The normalized spacial score (nSPS) is 23.5. The van der Waals surface area contributed by atoms with Crippen LogP contribution in [0.2, 0.25) is 0 Å². The number of phenols is 1. The highest BCUT2D eigenvalue weighted by molar-refractivity contribution is 5.71. The van der Waals surface area contributed by atoms with Gasteiger partial charge in [0.2, 0.25) is 0 Å². The van der Waals surface area contributed by atoms with Crippen LogP contribution >= 0.6 is 0 Å². The van der Waals surface area contributed by atoms with E-state index in [4.69, 9.17) is 9.47 Å². The Morgan fingerprint density at radius 1 is 1.09 bits per heavy atom. The molecule has 4 atom stereocenters. The number of rotatable bonds is 6. The maximum atomic E-state index is 14.9. The molecule has 4 heterocycles. The zero-order valence-corrected chi connectivity index (χ0v) is 19.1. The third-order valence-electron chi connectivity index (χ3n) is 6.59. The van der Waals surface area contributed by atoms with Crippen LogP contribution in [-0.2, 0) is 0 Å². The number of fused-ring (bicyclic) bond motifs is 2. The molecule has 0 spiro atoms. The predicted molar refractivity (Wildman–Crippen MR) is 123 cm³/mol. The van der Waals surface area contributed by atoms with E-state index in [1.165, 1.54) is 20.4 Å². The van der Waals surface area contributed by atoms with Gasteiger partial charge in [-0.25, -0.2) is 19.3 Å². The molecular weight excluding hydrogens is 441 g/mol.